The molecule has 0 aliphatic carbocycles. The van der Waals surface area contributed by atoms with Gasteiger partial charge < -0.3 is 4.74 Å². The van der Waals surface area contributed by atoms with E-state index in [2.05, 4.69) is 4.74 Å². The molecule has 2 aromatic rings. The van der Waals surface area contributed by atoms with E-state index in [4.69, 9.17) is 4.18 Å². The molecule has 2 rings (SSSR count). The molecule has 0 heterocycles. The van der Waals surface area contributed by atoms with Gasteiger partial charge in [-0.2, -0.15) is 8.42 Å². The minimum atomic E-state index is -3.80. The fraction of sp³-hybridized carbons (Fsp3) is 0.188. The third-order valence-corrected chi connectivity index (χ3v) is 4.34. The van der Waals surface area contributed by atoms with E-state index in [1.807, 2.05) is 6.92 Å². The maximum atomic E-state index is 12.0. The Morgan fingerprint density at radius 3 is 2.14 bits per heavy atom. The number of esters is 1. The van der Waals surface area contributed by atoms with Crippen molar-refractivity contribution in [2.75, 3.05) is 7.11 Å². The van der Waals surface area contributed by atoms with E-state index in [0.29, 0.717) is 11.1 Å². The maximum absolute atomic E-state index is 12.0. The van der Waals surface area contributed by atoms with Gasteiger partial charge in [0.2, 0.25) is 0 Å². The largest absolute Gasteiger partial charge is 0.465 e. The average molecular weight is 320 g/mol. The molecule has 116 valence electrons. The van der Waals surface area contributed by atoms with Crippen molar-refractivity contribution in [3.8, 4) is 0 Å². The summed E-state index contributed by atoms with van der Waals surface area (Å²) >= 11 is 0. The van der Waals surface area contributed by atoms with Crippen molar-refractivity contribution in [3.63, 3.8) is 0 Å². The van der Waals surface area contributed by atoms with Crippen LogP contribution in [0.4, 0.5) is 0 Å². The monoisotopic (exact) mass is 320 g/mol. The highest BCUT2D eigenvalue weighted by molar-refractivity contribution is 7.86. The highest BCUT2D eigenvalue weighted by Gasteiger charge is 2.15. The van der Waals surface area contributed by atoms with Crippen LogP contribution in [0.5, 0.6) is 0 Å². The molecule has 0 atom stereocenters. The number of carbonyl (C=O) groups excluding carboxylic acids is 1. The molecule has 6 heteroatoms. The Kier molecular flexibility index (Phi) is 4.95. The number of hydrogen-bond acceptors (Lipinski definition) is 5. The highest BCUT2D eigenvalue weighted by Crippen LogP contribution is 2.16. The highest BCUT2D eigenvalue weighted by atomic mass is 32.2. The van der Waals surface area contributed by atoms with Crippen LogP contribution in [0.3, 0.4) is 0 Å². The van der Waals surface area contributed by atoms with Gasteiger partial charge in [0.15, 0.2) is 0 Å². The van der Waals surface area contributed by atoms with Crippen molar-refractivity contribution in [2.45, 2.75) is 18.4 Å². The van der Waals surface area contributed by atoms with Crippen LogP contribution in [0.15, 0.2) is 53.4 Å². The third kappa shape index (κ3) is 3.93. The number of rotatable bonds is 5. The van der Waals surface area contributed by atoms with Crippen LogP contribution in [0, 0.1) is 6.92 Å². The van der Waals surface area contributed by atoms with E-state index in [1.54, 1.807) is 36.4 Å². The summed E-state index contributed by atoms with van der Waals surface area (Å²) < 4.78 is 33.7. The predicted molar refractivity (Wildman–Crippen MR) is 80.9 cm³/mol. The number of aryl methyl sites for hydroxylation is 1. The van der Waals surface area contributed by atoms with E-state index in [1.165, 1.54) is 19.2 Å². The lowest BCUT2D eigenvalue weighted by Crippen LogP contribution is -2.07. The van der Waals surface area contributed by atoms with Crippen molar-refractivity contribution in [3.05, 3.63) is 65.2 Å². The normalized spacial score (nSPS) is 11.2. The van der Waals surface area contributed by atoms with Crippen LogP contribution >= 0.6 is 0 Å². The van der Waals surface area contributed by atoms with E-state index in [-0.39, 0.29) is 11.5 Å². The molecule has 0 fully saturated rings. The first-order chi connectivity index (χ1) is 10.4. The van der Waals surface area contributed by atoms with E-state index in [0.717, 1.165) is 5.56 Å². The van der Waals surface area contributed by atoms with Gasteiger partial charge in [-0.1, -0.05) is 29.8 Å². The second kappa shape index (κ2) is 6.72. The molecular weight excluding hydrogens is 304 g/mol. The lowest BCUT2D eigenvalue weighted by atomic mass is 10.1. The third-order valence-electron chi connectivity index (χ3n) is 3.07. The molecule has 22 heavy (non-hydrogen) atoms. The minimum absolute atomic E-state index is 0.0995. The molecule has 0 bridgehead atoms. The number of benzene rings is 2. The van der Waals surface area contributed by atoms with Crippen LogP contribution in [-0.2, 0) is 25.6 Å². The van der Waals surface area contributed by atoms with Gasteiger partial charge in [-0.3, -0.25) is 4.18 Å². The number of methoxy groups -OCH3 is 1. The van der Waals surface area contributed by atoms with Crippen molar-refractivity contribution in [2.24, 2.45) is 0 Å². The smallest absolute Gasteiger partial charge is 0.337 e. The minimum Gasteiger partial charge on any atom is -0.465 e. The van der Waals surface area contributed by atoms with Crippen LogP contribution < -0.4 is 0 Å². The van der Waals surface area contributed by atoms with Gasteiger partial charge in [0, 0.05) is 0 Å². The maximum Gasteiger partial charge on any atom is 0.337 e. The Bertz CT molecular complexity index is 746. The number of ether oxygens (including phenoxy) is 1. The summed E-state index contributed by atoms with van der Waals surface area (Å²) in [6.07, 6.45) is 0. The van der Waals surface area contributed by atoms with Gasteiger partial charge in [-0.05, 0) is 36.8 Å². The Labute approximate surface area is 129 Å². The van der Waals surface area contributed by atoms with Crippen molar-refractivity contribution < 1.29 is 22.1 Å². The number of hydrogen-bond donors (Lipinski definition) is 0. The summed E-state index contributed by atoms with van der Waals surface area (Å²) in [4.78, 5) is 11.4. The summed E-state index contributed by atoms with van der Waals surface area (Å²) in [5, 5.41) is 0. The van der Waals surface area contributed by atoms with Crippen molar-refractivity contribution >= 4 is 16.1 Å². The fourth-order valence-corrected chi connectivity index (χ4v) is 2.67. The Morgan fingerprint density at radius 2 is 1.59 bits per heavy atom. The number of carbonyl (C=O) groups is 1. The first kappa shape index (κ1) is 16.2. The SMILES string of the molecule is COC(=O)c1ccc(COS(=O)(=O)c2ccc(C)cc2)cc1. The summed E-state index contributed by atoms with van der Waals surface area (Å²) in [5.74, 6) is -0.445. The predicted octanol–water partition coefficient (Wildman–Crippen LogP) is 2.69. The molecule has 2 aromatic carbocycles. The van der Waals surface area contributed by atoms with E-state index >= 15 is 0 Å². The Hall–Kier alpha value is -2.18. The Balaban J connectivity index is 2.05. The molecule has 0 N–H and O–H groups in total. The molecule has 0 spiro atoms. The van der Waals surface area contributed by atoms with Gasteiger partial charge in [0.05, 0.1) is 24.2 Å². The zero-order valence-electron chi connectivity index (χ0n) is 12.3. The molecular formula is C16H16O5S. The lowest BCUT2D eigenvalue weighted by molar-refractivity contribution is 0.0600. The first-order valence-electron chi connectivity index (χ1n) is 6.56. The molecule has 0 aliphatic heterocycles. The standard InChI is InChI=1S/C16H16O5S/c1-12-3-9-15(10-4-12)22(18,19)21-11-13-5-7-14(8-6-13)16(17)20-2/h3-10H,11H2,1-2H3. The molecule has 0 unspecified atom stereocenters. The van der Waals surface area contributed by atoms with Gasteiger partial charge in [0.25, 0.3) is 10.1 Å². The first-order valence-corrected chi connectivity index (χ1v) is 7.96. The molecule has 0 saturated heterocycles. The van der Waals surface area contributed by atoms with Crippen LogP contribution in [0.1, 0.15) is 21.5 Å². The van der Waals surface area contributed by atoms with Gasteiger partial charge in [-0.25, -0.2) is 4.79 Å². The summed E-state index contributed by atoms with van der Waals surface area (Å²) in [5.41, 5.74) is 2.01. The molecule has 0 radical (unpaired) electrons. The lowest BCUT2D eigenvalue weighted by Gasteiger charge is -2.07. The van der Waals surface area contributed by atoms with Crippen molar-refractivity contribution in [1.29, 1.82) is 0 Å². The zero-order chi connectivity index (χ0) is 16.2. The van der Waals surface area contributed by atoms with E-state index < -0.39 is 16.1 Å². The molecule has 0 amide bonds. The summed E-state index contributed by atoms with van der Waals surface area (Å²) in [7, 11) is -2.50. The topological polar surface area (TPSA) is 69.7 Å². The molecule has 0 saturated carbocycles. The average Bonchev–Trinajstić information content (AvgIpc) is 2.53. The van der Waals surface area contributed by atoms with Crippen molar-refractivity contribution in [1.82, 2.24) is 0 Å². The fourth-order valence-electron chi connectivity index (χ4n) is 1.77. The summed E-state index contributed by atoms with van der Waals surface area (Å²) in [6, 6.07) is 12.8. The molecule has 0 aliphatic rings. The van der Waals surface area contributed by atoms with Crippen LogP contribution in [0.2, 0.25) is 0 Å². The Morgan fingerprint density at radius 1 is 1.00 bits per heavy atom. The van der Waals surface area contributed by atoms with Crippen LogP contribution in [-0.4, -0.2) is 21.5 Å². The second-order valence-corrected chi connectivity index (χ2v) is 6.33. The van der Waals surface area contributed by atoms with Gasteiger partial charge in [-0.15, -0.1) is 0 Å². The second-order valence-electron chi connectivity index (χ2n) is 4.72. The quantitative estimate of drug-likeness (QED) is 0.626. The zero-order valence-corrected chi connectivity index (χ0v) is 13.1. The van der Waals surface area contributed by atoms with Gasteiger partial charge in [0.1, 0.15) is 0 Å². The van der Waals surface area contributed by atoms with Gasteiger partial charge >= 0.3 is 5.97 Å². The van der Waals surface area contributed by atoms with Crippen LogP contribution in [0.25, 0.3) is 0 Å². The van der Waals surface area contributed by atoms with E-state index in [9.17, 15) is 13.2 Å². The molecule has 0 aromatic heterocycles. The molecule has 5 nitrogen and oxygen atoms in total. The summed E-state index contributed by atoms with van der Waals surface area (Å²) in [6.45, 7) is 1.78.